The fourth-order valence-electron chi connectivity index (χ4n) is 1.58. The van der Waals surface area contributed by atoms with Crippen molar-refractivity contribution in [1.82, 2.24) is 9.78 Å². The van der Waals surface area contributed by atoms with Gasteiger partial charge in [0, 0.05) is 7.05 Å². The SMILES string of the molecule is Cn1ncc([N+](=O)[O-])c1C(=O)Nc1ccccc1O. The number of amides is 1. The molecule has 0 saturated heterocycles. The molecule has 1 aromatic carbocycles. The van der Waals surface area contributed by atoms with Gasteiger partial charge in [-0.2, -0.15) is 5.10 Å². The van der Waals surface area contributed by atoms with E-state index in [-0.39, 0.29) is 17.1 Å². The summed E-state index contributed by atoms with van der Waals surface area (Å²) in [5.74, 6) is -0.839. The Morgan fingerprint density at radius 1 is 1.47 bits per heavy atom. The van der Waals surface area contributed by atoms with Gasteiger partial charge in [-0.05, 0) is 12.1 Å². The molecule has 0 fully saturated rings. The first kappa shape index (κ1) is 12.6. The number of aromatic hydroxyl groups is 1. The van der Waals surface area contributed by atoms with Crippen molar-refractivity contribution in [2.24, 2.45) is 7.05 Å². The number of benzene rings is 1. The van der Waals surface area contributed by atoms with E-state index in [9.17, 15) is 20.0 Å². The van der Waals surface area contributed by atoms with Crippen molar-refractivity contribution < 1.29 is 14.8 Å². The van der Waals surface area contributed by atoms with Crippen LogP contribution in [-0.2, 0) is 7.05 Å². The molecule has 0 spiro atoms. The van der Waals surface area contributed by atoms with Crippen LogP contribution < -0.4 is 5.32 Å². The van der Waals surface area contributed by atoms with Crippen molar-refractivity contribution >= 4 is 17.3 Å². The summed E-state index contributed by atoms with van der Waals surface area (Å²) in [7, 11) is 1.42. The molecule has 0 aliphatic carbocycles. The van der Waals surface area contributed by atoms with E-state index in [1.54, 1.807) is 12.1 Å². The number of aromatic nitrogens is 2. The van der Waals surface area contributed by atoms with Gasteiger partial charge in [0.1, 0.15) is 11.9 Å². The van der Waals surface area contributed by atoms with Crippen LogP contribution in [0.4, 0.5) is 11.4 Å². The van der Waals surface area contributed by atoms with Crippen LogP contribution in [0.3, 0.4) is 0 Å². The first-order chi connectivity index (χ1) is 9.00. The molecule has 8 nitrogen and oxygen atoms in total. The van der Waals surface area contributed by atoms with Gasteiger partial charge in [-0.15, -0.1) is 0 Å². The predicted molar refractivity (Wildman–Crippen MR) is 65.9 cm³/mol. The summed E-state index contributed by atoms with van der Waals surface area (Å²) >= 11 is 0. The Morgan fingerprint density at radius 3 is 2.79 bits per heavy atom. The second-order valence-electron chi connectivity index (χ2n) is 3.73. The van der Waals surface area contributed by atoms with Gasteiger partial charge in [0.2, 0.25) is 5.69 Å². The van der Waals surface area contributed by atoms with Crippen LogP contribution >= 0.6 is 0 Å². The third-order valence-corrected chi connectivity index (χ3v) is 2.48. The molecule has 0 aliphatic heterocycles. The molecule has 98 valence electrons. The number of anilines is 1. The normalized spacial score (nSPS) is 10.2. The molecule has 1 aromatic heterocycles. The monoisotopic (exact) mass is 262 g/mol. The zero-order valence-corrected chi connectivity index (χ0v) is 9.90. The van der Waals surface area contributed by atoms with Crippen LogP contribution in [0.25, 0.3) is 0 Å². The summed E-state index contributed by atoms with van der Waals surface area (Å²) in [6.45, 7) is 0. The minimum atomic E-state index is -0.715. The fourth-order valence-corrected chi connectivity index (χ4v) is 1.58. The second-order valence-corrected chi connectivity index (χ2v) is 3.73. The van der Waals surface area contributed by atoms with Gasteiger partial charge < -0.3 is 10.4 Å². The third kappa shape index (κ3) is 2.37. The molecule has 0 saturated carbocycles. The highest BCUT2D eigenvalue weighted by Crippen LogP contribution is 2.24. The van der Waals surface area contributed by atoms with E-state index >= 15 is 0 Å². The summed E-state index contributed by atoms with van der Waals surface area (Å²) in [6, 6.07) is 6.09. The number of carbonyl (C=O) groups is 1. The van der Waals surface area contributed by atoms with Crippen molar-refractivity contribution in [3.8, 4) is 5.75 Å². The number of nitro groups is 1. The molecule has 0 unspecified atom stereocenters. The van der Waals surface area contributed by atoms with E-state index in [2.05, 4.69) is 10.4 Å². The van der Waals surface area contributed by atoms with Crippen LogP contribution in [0.2, 0.25) is 0 Å². The quantitative estimate of drug-likeness (QED) is 0.492. The molecule has 2 aromatic rings. The highest BCUT2D eigenvalue weighted by molar-refractivity contribution is 6.06. The number of nitrogens with one attached hydrogen (secondary N) is 1. The third-order valence-electron chi connectivity index (χ3n) is 2.48. The molecular weight excluding hydrogens is 252 g/mol. The predicted octanol–water partition coefficient (Wildman–Crippen LogP) is 1.29. The largest absolute Gasteiger partial charge is 0.506 e. The zero-order valence-electron chi connectivity index (χ0n) is 9.90. The Hall–Kier alpha value is -2.90. The van der Waals surface area contributed by atoms with Crippen molar-refractivity contribution in [3.63, 3.8) is 0 Å². The Bertz CT molecular complexity index is 650. The molecule has 8 heteroatoms. The number of para-hydroxylation sites is 2. The van der Waals surface area contributed by atoms with E-state index in [0.29, 0.717) is 0 Å². The summed E-state index contributed by atoms with van der Waals surface area (Å²) in [4.78, 5) is 22.1. The van der Waals surface area contributed by atoms with Crippen LogP contribution in [0.15, 0.2) is 30.5 Å². The van der Waals surface area contributed by atoms with Gasteiger partial charge in [0.25, 0.3) is 5.91 Å². The summed E-state index contributed by atoms with van der Waals surface area (Å²) in [6.07, 6.45) is 1.000. The number of phenols is 1. The van der Waals surface area contributed by atoms with E-state index < -0.39 is 16.5 Å². The van der Waals surface area contributed by atoms with Crippen molar-refractivity contribution in [2.75, 3.05) is 5.32 Å². The molecule has 2 N–H and O–H groups in total. The van der Waals surface area contributed by atoms with E-state index in [4.69, 9.17) is 0 Å². The minimum Gasteiger partial charge on any atom is -0.506 e. The molecule has 2 rings (SSSR count). The highest BCUT2D eigenvalue weighted by atomic mass is 16.6. The maximum Gasteiger partial charge on any atom is 0.320 e. The lowest BCUT2D eigenvalue weighted by Gasteiger charge is -2.06. The van der Waals surface area contributed by atoms with Crippen LogP contribution in [0, 0.1) is 10.1 Å². The molecule has 0 atom stereocenters. The second kappa shape index (κ2) is 4.77. The first-order valence-electron chi connectivity index (χ1n) is 5.26. The Balaban J connectivity index is 2.33. The van der Waals surface area contributed by atoms with Gasteiger partial charge in [-0.25, -0.2) is 0 Å². The van der Waals surface area contributed by atoms with Gasteiger partial charge >= 0.3 is 5.69 Å². The summed E-state index contributed by atoms with van der Waals surface area (Å²) in [5.41, 5.74) is -0.410. The Morgan fingerprint density at radius 2 is 2.16 bits per heavy atom. The molecule has 0 aliphatic rings. The van der Waals surface area contributed by atoms with Crippen LogP contribution in [0.5, 0.6) is 5.75 Å². The number of hydrogen-bond donors (Lipinski definition) is 2. The van der Waals surface area contributed by atoms with E-state index in [1.165, 1.54) is 19.2 Å². The van der Waals surface area contributed by atoms with Crippen LogP contribution in [0.1, 0.15) is 10.5 Å². The van der Waals surface area contributed by atoms with Gasteiger partial charge in [-0.3, -0.25) is 19.6 Å². The zero-order chi connectivity index (χ0) is 14.0. The maximum atomic E-state index is 12.0. The standard InChI is InChI=1S/C11H10N4O4/c1-14-10(8(6-12-14)15(18)19)11(17)13-7-4-2-3-5-9(7)16/h2-6,16H,1H3,(H,13,17). The molecule has 19 heavy (non-hydrogen) atoms. The number of phenolic OH excluding ortho intramolecular Hbond substituents is 1. The first-order valence-corrected chi connectivity index (χ1v) is 5.26. The lowest BCUT2D eigenvalue weighted by atomic mass is 10.2. The molecule has 1 amide bonds. The number of aryl methyl sites for hydroxylation is 1. The van der Waals surface area contributed by atoms with Gasteiger partial charge in [0.15, 0.2) is 0 Å². The van der Waals surface area contributed by atoms with Gasteiger partial charge in [0.05, 0.1) is 10.6 Å². The molecule has 0 radical (unpaired) electrons. The van der Waals surface area contributed by atoms with Crippen molar-refractivity contribution in [2.45, 2.75) is 0 Å². The lowest BCUT2D eigenvalue weighted by Crippen LogP contribution is -2.17. The topological polar surface area (TPSA) is 110 Å². The summed E-state index contributed by atoms with van der Waals surface area (Å²) in [5, 5.41) is 26.4. The van der Waals surface area contributed by atoms with E-state index in [0.717, 1.165) is 10.9 Å². The van der Waals surface area contributed by atoms with Crippen LogP contribution in [-0.4, -0.2) is 25.7 Å². The van der Waals surface area contributed by atoms with E-state index in [1.807, 2.05) is 0 Å². The molecule has 0 bridgehead atoms. The maximum absolute atomic E-state index is 12.0. The number of rotatable bonds is 3. The average Bonchev–Trinajstić information content (AvgIpc) is 2.74. The Labute approximate surface area is 107 Å². The number of nitrogens with zero attached hydrogens (tertiary/aromatic N) is 3. The summed E-state index contributed by atoms with van der Waals surface area (Å²) < 4.78 is 1.10. The van der Waals surface area contributed by atoms with Crippen molar-refractivity contribution in [1.29, 1.82) is 0 Å². The Kier molecular flexibility index (Phi) is 3.15. The lowest BCUT2D eigenvalue weighted by molar-refractivity contribution is -0.385. The number of carbonyl (C=O) groups excluding carboxylic acids is 1. The van der Waals surface area contributed by atoms with Crippen molar-refractivity contribution in [3.05, 3.63) is 46.3 Å². The highest BCUT2D eigenvalue weighted by Gasteiger charge is 2.25. The smallest absolute Gasteiger partial charge is 0.320 e. The van der Waals surface area contributed by atoms with Gasteiger partial charge in [-0.1, -0.05) is 12.1 Å². The molecular formula is C11H10N4O4. The molecule has 1 heterocycles. The fraction of sp³-hybridized carbons (Fsp3) is 0.0909. The number of hydrogen-bond acceptors (Lipinski definition) is 5. The minimum absolute atomic E-state index is 0.124. The average molecular weight is 262 g/mol.